The van der Waals surface area contributed by atoms with E-state index in [4.69, 9.17) is 0 Å². The van der Waals surface area contributed by atoms with E-state index in [2.05, 4.69) is 20.7 Å². The van der Waals surface area contributed by atoms with Crippen LogP contribution in [0.2, 0.25) is 0 Å². The third-order valence-corrected chi connectivity index (χ3v) is 4.41. The molecule has 28 heavy (non-hydrogen) atoms. The Balaban J connectivity index is 1.44. The van der Waals surface area contributed by atoms with Crippen molar-refractivity contribution in [2.24, 2.45) is 0 Å². The van der Waals surface area contributed by atoms with Gasteiger partial charge < -0.3 is 5.32 Å². The largest absolute Gasteiger partial charge is 0.322 e. The summed E-state index contributed by atoms with van der Waals surface area (Å²) < 4.78 is 0. The smallest absolute Gasteiger partial charge is 0.255 e. The molecule has 0 fully saturated rings. The summed E-state index contributed by atoms with van der Waals surface area (Å²) in [4.78, 5) is 13.9. The minimum absolute atomic E-state index is 0.140. The Labute approximate surface area is 162 Å². The van der Waals surface area contributed by atoms with Crippen LogP contribution in [0.25, 0.3) is 11.4 Å². The molecule has 0 aliphatic heterocycles. The van der Waals surface area contributed by atoms with Gasteiger partial charge in [-0.1, -0.05) is 54.6 Å². The number of carbonyl (C=O) groups excluding carboxylic acids is 1. The van der Waals surface area contributed by atoms with Crippen molar-refractivity contribution in [3.63, 3.8) is 0 Å². The van der Waals surface area contributed by atoms with E-state index in [1.165, 1.54) is 0 Å². The number of aryl methyl sites for hydroxylation is 1. The zero-order valence-electron chi connectivity index (χ0n) is 15.4. The summed E-state index contributed by atoms with van der Waals surface area (Å²) in [6.45, 7) is 2.51. The van der Waals surface area contributed by atoms with Crippen LogP contribution in [-0.2, 0) is 6.54 Å². The van der Waals surface area contributed by atoms with Gasteiger partial charge in [0.25, 0.3) is 5.91 Å². The van der Waals surface area contributed by atoms with Gasteiger partial charge in [0.2, 0.25) is 5.82 Å². The topological polar surface area (TPSA) is 72.7 Å². The molecule has 4 aromatic rings. The Morgan fingerprint density at radius 3 is 2.39 bits per heavy atom. The van der Waals surface area contributed by atoms with Crippen molar-refractivity contribution < 1.29 is 4.79 Å². The number of hydrogen-bond acceptors (Lipinski definition) is 4. The van der Waals surface area contributed by atoms with Gasteiger partial charge in [0, 0.05) is 16.8 Å². The van der Waals surface area contributed by atoms with E-state index in [1.807, 2.05) is 73.7 Å². The summed E-state index contributed by atoms with van der Waals surface area (Å²) in [5.41, 5.74) is 4.44. The van der Waals surface area contributed by atoms with Crippen LogP contribution in [0.5, 0.6) is 0 Å². The van der Waals surface area contributed by atoms with Crippen LogP contribution in [-0.4, -0.2) is 26.1 Å². The molecule has 0 aliphatic rings. The van der Waals surface area contributed by atoms with Gasteiger partial charge in [-0.25, -0.2) is 0 Å². The zero-order chi connectivity index (χ0) is 19.3. The van der Waals surface area contributed by atoms with Crippen LogP contribution >= 0.6 is 0 Å². The van der Waals surface area contributed by atoms with Crippen molar-refractivity contribution in [2.75, 3.05) is 5.32 Å². The molecule has 138 valence electrons. The highest BCUT2D eigenvalue weighted by atomic mass is 16.1. The molecule has 0 spiro atoms. The van der Waals surface area contributed by atoms with Crippen molar-refractivity contribution in [3.8, 4) is 11.4 Å². The molecule has 4 rings (SSSR count). The van der Waals surface area contributed by atoms with E-state index in [0.717, 1.165) is 22.4 Å². The molecule has 1 heterocycles. The average molecular weight is 369 g/mol. The zero-order valence-corrected chi connectivity index (χ0v) is 15.4. The molecule has 3 aromatic carbocycles. The maximum atomic E-state index is 12.3. The molecule has 0 aliphatic carbocycles. The number of aromatic nitrogens is 4. The molecule has 0 bridgehead atoms. The molecule has 6 nitrogen and oxygen atoms in total. The lowest BCUT2D eigenvalue weighted by Crippen LogP contribution is -2.12. The first-order valence-electron chi connectivity index (χ1n) is 8.98. The van der Waals surface area contributed by atoms with Crippen molar-refractivity contribution in [1.29, 1.82) is 0 Å². The highest BCUT2D eigenvalue weighted by molar-refractivity contribution is 6.04. The van der Waals surface area contributed by atoms with Gasteiger partial charge in [0.05, 0.1) is 6.54 Å². The second kappa shape index (κ2) is 7.84. The number of carbonyl (C=O) groups is 1. The number of hydrogen-bond donors (Lipinski definition) is 1. The molecule has 1 N–H and O–H groups in total. The second-order valence-electron chi connectivity index (χ2n) is 6.48. The summed E-state index contributed by atoms with van der Waals surface area (Å²) in [6, 6.07) is 24.7. The summed E-state index contributed by atoms with van der Waals surface area (Å²) in [5.74, 6) is 0.468. The van der Waals surface area contributed by atoms with E-state index in [-0.39, 0.29) is 5.91 Å². The molecular weight excluding hydrogens is 350 g/mol. The Morgan fingerprint density at radius 1 is 0.929 bits per heavy atom. The molecule has 0 atom stereocenters. The number of anilines is 1. The lowest BCUT2D eigenvalue weighted by Gasteiger charge is -2.06. The molecule has 0 saturated carbocycles. The van der Waals surface area contributed by atoms with Crippen molar-refractivity contribution in [3.05, 3.63) is 95.6 Å². The third kappa shape index (κ3) is 3.96. The number of nitrogens with one attached hydrogen (secondary N) is 1. The van der Waals surface area contributed by atoms with Crippen molar-refractivity contribution in [2.45, 2.75) is 13.5 Å². The quantitative estimate of drug-likeness (QED) is 0.578. The fourth-order valence-corrected chi connectivity index (χ4v) is 2.89. The summed E-state index contributed by atoms with van der Waals surface area (Å²) in [6.07, 6.45) is 0. The molecule has 1 amide bonds. The van der Waals surface area contributed by atoms with Gasteiger partial charge in [0.15, 0.2) is 0 Å². The maximum absolute atomic E-state index is 12.3. The second-order valence-corrected chi connectivity index (χ2v) is 6.48. The normalized spacial score (nSPS) is 10.6. The molecule has 0 unspecified atom stereocenters. The standard InChI is InChI=1S/C22H19N5O/c1-16-7-5-6-10-20(16)21-24-26-27(25-21)15-17-11-13-18(14-12-17)22(28)23-19-8-3-2-4-9-19/h2-14H,15H2,1H3,(H,23,28). The van der Waals surface area contributed by atoms with Crippen LogP contribution in [0, 0.1) is 6.92 Å². The highest BCUT2D eigenvalue weighted by Gasteiger charge is 2.09. The summed E-state index contributed by atoms with van der Waals surface area (Å²) in [7, 11) is 0. The lowest BCUT2D eigenvalue weighted by molar-refractivity contribution is 0.102. The van der Waals surface area contributed by atoms with Gasteiger partial charge in [-0.2, -0.15) is 4.80 Å². The third-order valence-electron chi connectivity index (χ3n) is 4.41. The van der Waals surface area contributed by atoms with E-state index < -0.39 is 0 Å². The van der Waals surface area contributed by atoms with Gasteiger partial charge in [-0.05, 0) is 47.5 Å². The van der Waals surface area contributed by atoms with Gasteiger partial charge >= 0.3 is 0 Å². The van der Waals surface area contributed by atoms with Crippen LogP contribution in [0.3, 0.4) is 0 Å². The number of amides is 1. The van der Waals surface area contributed by atoms with E-state index >= 15 is 0 Å². The van der Waals surface area contributed by atoms with Crippen LogP contribution in [0.15, 0.2) is 78.9 Å². The maximum Gasteiger partial charge on any atom is 0.255 e. The average Bonchev–Trinajstić information content (AvgIpc) is 3.18. The Hall–Kier alpha value is -3.80. The van der Waals surface area contributed by atoms with Crippen molar-refractivity contribution >= 4 is 11.6 Å². The monoisotopic (exact) mass is 369 g/mol. The van der Waals surface area contributed by atoms with Gasteiger partial charge in [-0.3, -0.25) is 4.79 Å². The number of para-hydroxylation sites is 1. The first-order chi connectivity index (χ1) is 13.7. The number of nitrogens with zero attached hydrogens (tertiary/aromatic N) is 4. The first-order valence-corrected chi connectivity index (χ1v) is 8.98. The Morgan fingerprint density at radius 2 is 1.64 bits per heavy atom. The van der Waals surface area contributed by atoms with E-state index in [9.17, 15) is 4.79 Å². The lowest BCUT2D eigenvalue weighted by atomic mass is 10.1. The van der Waals surface area contributed by atoms with Crippen LogP contribution < -0.4 is 5.32 Å². The number of rotatable bonds is 5. The minimum Gasteiger partial charge on any atom is -0.322 e. The minimum atomic E-state index is -0.140. The summed E-state index contributed by atoms with van der Waals surface area (Å²) in [5, 5.41) is 15.6. The van der Waals surface area contributed by atoms with E-state index in [1.54, 1.807) is 16.9 Å². The molecule has 1 aromatic heterocycles. The molecule has 0 saturated heterocycles. The first kappa shape index (κ1) is 17.6. The number of benzene rings is 3. The summed E-state index contributed by atoms with van der Waals surface area (Å²) >= 11 is 0. The van der Waals surface area contributed by atoms with Gasteiger partial charge in [0.1, 0.15) is 0 Å². The van der Waals surface area contributed by atoms with Crippen LogP contribution in [0.1, 0.15) is 21.5 Å². The van der Waals surface area contributed by atoms with Crippen LogP contribution in [0.4, 0.5) is 5.69 Å². The number of tetrazole rings is 1. The molecular formula is C22H19N5O. The Bertz CT molecular complexity index is 1090. The Kier molecular flexibility index (Phi) is 4.93. The predicted molar refractivity (Wildman–Crippen MR) is 108 cm³/mol. The molecule has 6 heteroatoms. The van der Waals surface area contributed by atoms with Gasteiger partial charge in [-0.15, -0.1) is 10.2 Å². The van der Waals surface area contributed by atoms with E-state index in [0.29, 0.717) is 17.9 Å². The highest BCUT2D eigenvalue weighted by Crippen LogP contribution is 2.18. The fourth-order valence-electron chi connectivity index (χ4n) is 2.89. The SMILES string of the molecule is Cc1ccccc1-c1nnn(Cc2ccc(C(=O)Nc3ccccc3)cc2)n1. The molecule has 0 radical (unpaired) electrons. The van der Waals surface area contributed by atoms with Crippen molar-refractivity contribution in [1.82, 2.24) is 20.2 Å². The fraction of sp³-hybridized carbons (Fsp3) is 0.0909. The predicted octanol–water partition coefficient (Wildman–Crippen LogP) is 3.95.